The van der Waals surface area contributed by atoms with Crippen molar-refractivity contribution in [1.82, 2.24) is 4.98 Å². The van der Waals surface area contributed by atoms with Crippen LogP contribution < -0.4 is 5.32 Å². The molecule has 5 nitrogen and oxygen atoms in total. The molecule has 18 heavy (non-hydrogen) atoms. The molecule has 0 aliphatic heterocycles. The van der Waals surface area contributed by atoms with E-state index in [9.17, 15) is 10.1 Å². The Morgan fingerprint density at radius 3 is 2.78 bits per heavy atom. The lowest BCUT2D eigenvalue weighted by Gasteiger charge is -2.07. The maximum Gasteiger partial charge on any atom is 0.386 e. The van der Waals surface area contributed by atoms with Gasteiger partial charge in [0, 0.05) is 11.0 Å². The van der Waals surface area contributed by atoms with Gasteiger partial charge in [-0.2, -0.15) is 0 Å². The fourth-order valence-corrected chi connectivity index (χ4v) is 1.94. The summed E-state index contributed by atoms with van der Waals surface area (Å²) in [4.78, 5) is 14.0. The molecule has 0 aliphatic rings. The van der Waals surface area contributed by atoms with Crippen molar-refractivity contribution in [1.29, 1.82) is 0 Å². The molecule has 0 atom stereocenters. The number of aromatic nitrogens is 1. The lowest BCUT2D eigenvalue weighted by molar-refractivity contribution is -0.388. The summed E-state index contributed by atoms with van der Waals surface area (Å²) in [6, 6.07) is 11.0. The molecule has 1 aromatic heterocycles. The first-order valence-corrected chi connectivity index (χ1v) is 6.04. The van der Waals surface area contributed by atoms with Crippen molar-refractivity contribution in [3.63, 3.8) is 0 Å². The second-order valence-electron chi connectivity index (χ2n) is 3.58. The van der Waals surface area contributed by atoms with Gasteiger partial charge in [-0.1, -0.05) is 34.1 Å². The molecule has 2 aromatic rings. The number of nitrogens with zero attached hydrogens (tertiary/aromatic N) is 2. The van der Waals surface area contributed by atoms with Crippen molar-refractivity contribution in [2.24, 2.45) is 0 Å². The zero-order valence-electron chi connectivity index (χ0n) is 9.34. The molecule has 1 heterocycles. The average Bonchev–Trinajstić information content (AvgIpc) is 2.38. The smallest absolute Gasteiger partial charge is 0.374 e. The third-order valence-electron chi connectivity index (χ3n) is 2.39. The van der Waals surface area contributed by atoms with Crippen LogP contribution in [0.3, 0.4) is 0 Å². The number of benzene rings is 1. The van der Waals surface area contributed by atoms with Gasteiger partial charge in [0.25, 0.3) is 0 Å². The molecule has 0 bridgehead atoms. The molecule has 0 fully saturated rings. The first-order chi connectivity index (χ1) is 8.68. The van der Waals surface area contributed by atoms with Gasteiger partial charge in [-0.15, -0.1) is 0 Å². The normalized spacial score (nSPS) is 10.1. The molecule has 6 heteroatoms. The molecule has 0 radical (unpaired) electrons. The number of rotatable bonds is 4. The third kappa shape index (κ3) is 2.84. The van der Waals surface area contributed by atoms with Crippen LogP contribution in [0.1, 0.15) is 5.56 Å². The number of hydrogen-bond acceptors (Lipinski definition) is 4. The van der Waals surface area contributed by atoms with Crippen LogP contribution in [-0.2, 0) is 6.54 Å². The number of hydrogen-bond donors (Lipinski definition) is 1. The van der Waals surface area contributed by atoms with Crippen molar-refractivity contribution in [2.75, 3.05) is 5.32 Å². The van der Waals surface area contributed by atoms with Crippen LogP contribution >= 0.6 is 15.9 Å². The number of nitro groups is 1. The van der Waals surface area contributed by atoms with Crippen LogP contribution in [0.5, 0.6) is 0 Å². The SMILES string of the molecule is O=[N+]([O-])c1ncccc1NCc1ccccc1Br. The van der Waals surface area contributed by atoms with Gasteiger partial charge in [-0.3, -0.25) is 0 Å². The highest BCUT2D eigenvalue weighted by Crippen LogP contribution is 2.22. The van der Waals surface area contributed by atoms with Crippen LogP contribution in [0, 0.1) is 10.1 Å². The lowest BCUT2D eigenvalue weighted by Crippen LogP contribution is -2.04. The summed E-state index contributed by atoms with van der Waals surface area (Å²) < 4.78 is 0.962. The van der Waals surface area contributed by atoms with Gasteiger partial charge in [0.2, 0.25) is 0 Å². The Bertz CT molecular complexity index is 575. The van der Waals surface area contributed by atoms with Gasteiger partial charge >= 0.3 is 5.82 Å². The van der Waals surface area contributed by atoms with Crippen molar-refractivity contribution in [3.8, 4) is 0 Å². The number of pyridine rings is 1. The van der Waals surface area contributed by atoms with Crippen LogP contribution in [0.4, 0.5) is 11.5 Å². The Morgan fingerprint density at radius 2 is 2.06 bits per heavy atom. The summed E-state index contributed by atoms with van der Waals surface area (Å²) in [6.45, 7) is 0.494. The highest BCUT2D eigenvalue weighted by Gasteiger charge is 2.13. The van der Waals surface area contributed by atoms with E-state index in [1.165, 1.54) is 6.20 Å². The Balaban J connectivity index is 2.16. The molecule has 0 aliphatic carbocycles. The Labute approximate surface area is 112 Å². The maximum absolute atomic E-state index is 10.8. The van der Waals surface area contributed by atoms with Crippen LogP contribution in [-0.4, -0.2) is 9.91 Å². The summed E-state index contributed by atoms with van der Waals surface area (Å²) in [5.74, 6) is -0.162. The minimum absolute atomic E-state index is 0.162. The Hall–Kier alpha value is -1.95. The molecule has 0 unspecified atom stereocenters. The predicted octanol–water partition coefficient (Wildman–Crippen LogP) is 3.36. The number of anilines is 1. The highest BCUT2D eigenvalue weighted by molar-refractivity contribution is 9.10. The second kappa shape index (κ2) is 5.59. The zero-order valence-corrected chi connectivity index (χ0v) is 10.9. The topological polar surface area (TPSA) is 68.1 Å². The molecular weight excluding hydrogens is 298 g/mol. The van der Waals surface area contributed by atoms with Gasteiger partial charge in [0.15, 0.2) is 0 Å². The quantitative estimate of drug-likeness (QED) is 0.694. The molecule has 0 spiro atoms. The first kappa shape index (κ1) is 12.5. The van der Waals surface area contributed by atoms with Gasteiger partial charge in [-0.25, -0.2) is 0 Å². The molecule has 0 saturated heterocycles. The first-order valence-electron chi connectivity index (χ1n) is 5.25. The summed E-state index contributed by atoms with van der Waals surface area (Å²) in [7, 11) is 0. The van der Waals surface area contributed by atoms with Crippen molar-refractivity contribution >= 4 is 27.4 Å². The summed E-state index contributed by atoms with van der Waals surface area (Å²) in [5, 5.41) is 13.8. The van der Waals surface area contributed by atoms with Crippen LogP contribution in [0.15, 0.2) is 47.1 Å². The van der Waals surface area contributed by atoms with Gasteiger partial charge < -0.3 is 15.4 Å². The van der Waals surface area contributed by atoms with E-state index in [2.05, 4.69) is 26.2 Å². The molecular formula is C12H10BrN3O2. The monoisotopic (exact) mass is 307 g/mol. The van der Waals surface area contributed by atoms with E-state index in [4.69, 9.17) is 0 Å². The lowest BCUT2D eigenvalue weighted by atomic mass is 10.2. The average molecular weight is 308 g/mol. The van der Waals surface area contributed by atoms with E-state index in [-0.39, 0.29) is 5.82 Å². The van der Waals surface area contributed by atoms with Crippen molar-refractivity contribution in [3.05, 3.63) is 62.7 Å². The molecule has 0 saturated carbocycles. The fraction of sp³-hybridized carbons (Fsp3) is 0.0833. The van der Waals surface area contributed by atoms with Crippen molar-refractivity contribution in [2.45, 2.75) is 6.54 Å². The minimum atomic E-state index is -0.498. The third-order valence-corrected chi connectivity index (χ3v) is 3.16. The van der Waals surface area contributed by atoms with Gasteiger partial charge in [-0.05, 0) is 33.7 Å². The highest BCUT2D eigenvalue weighted by atomic mass is 79.9. The molecule has 92 valence electrons. The molecule has 2 rings (SSSR count). The molecule has 0 amide bonds. The van der Waals surface area contributed by atoms with E-state index < -0.39 is 4.92 Å². The second-order valence-corrected chi connectivity index (χ2v) is 4.43. The Kier molecular flexibility index (Phi) is 3.88. The van der Waals surface area contributed by atoms with Crippen LogP contribution in [0.25, 0.3) is 0 Å². The predicted molar refractivity (Wildman–Crippen MR) is 72.4 cm³/mol. The van der Waals surface area contributed by atoms with E-state index in [0.29, 0.717) is 12.2 Å². The van der Waals surface area contributed by atoms with Gasteiger partial charge in [0.1, 0.15) is 11.9 Å². The number of nitrogens with one attached hydrogen (secondary N) is 1. The van der Waals surface area contributed by atoms with E-state index in [0.717, 1.165) is 10.0 Å². The molecule has 1 N–H and O–H groups in total. The van der Waals surface area contributed by atoms with Crippen LogP contribution in [0.2, 0.25) is 0 Å². The largest absolute Gasteiger partial charge is 0.386 e. The summed E-state index contributed by atoms with van der Waals surface area (Å²) in [5.41, 5.74) is 1.44. The van der Waals surface area contributed by atoms with E-state index in [1.54, 1.807) is 12.1 Å². The Morgan fingerprint density at radius 1 is 1.28 bits per heavy atom. The standard InChI is InChI=1S/C12H10BrN3O2/c13-10-5-2-1-4-9(10)8-15-11-6-3-7-14-12(11)16(17)18/h1-7,15H,8H2. The van der Waals surface area contributed by atoms with Crippen molar-refractivity contribution < 1.29 is 4.92 Å². The van der Waals surface area contributed by atoms with Gasteiger partial charge in [0.05, 0.1) is 0 Å². The number of halogens is 1. The minimum Gasteiger partial charge on any atom is -0.374 e. The zero-order chi connectivity index (χ0) is 13.0. The molecule has 1 aromatic carbocycles. The maximum atomic E-state index is 10.8. The summed E-state index contributed by atoms with van der Waals surface area (Å²) >= 11 is 3.43. The summed E-state index contributed by atoms with van der Waals surface area (Å²) in [6.07, 6.45) is 1.40. The van der Waals surface area contributed by atoms with E-state index >= 15 is 0 Å². The fourth-order valence-electron chi connectivity index (χ4n) is 1.51. The van der Waals surface area contributed by atoms with E-state index in [1.807, 2.05) is 24.3 Å².